The minimum absolute atomic E-state index is 0.0428. The number of carbonyl (C=O) groups excluding carboxylic acids is 1. The Kier molecular flexibility index (Phi) is 7.69. The van der Waals surface area contributed by atoms with E-state index in [0.29, 0.717) is 16.9 Å². The van der Waals surface area contributed by atoms with E-state index in [9.17, 15) is 9.90 Å². The van der Waals surface area contributed by atoms with Gasteiger partial charge in [-0.2, -0.15) is 0 Å². The van der Waals surface area contributed by atoms with Crippen LogP contribution in [0.15, 0.2) is 72.3 Å². The molecule has 0 bridgehead atoms. The molecule has 1 atom stereocenters. The van der Waals surface area contributed by atoms with E-state index < -0.39 is 6.10 Å². The molecule has 3 aromatic rings. The van der Waals surface area contributed by atoms with Crippen molar-refractivity contribution in [3.8, 4) is 17.2 Å². The maximum atomic E-state index is 13.5. The molecule has 4 nitrogen and oxygen atoms in total. The first kappa shape index (κ1) is 23.6. The Bertz CT molecular complexity index is 1140. The summed E-state index contributed by atoms with van der Waals surface area (Å²) in [7, 11) is 1.62. The van der Waals surface area contributed by atoms with Crippen molar-refractivity contribution >= 4 is 11.9 Å². The highest BCUT2D eigenvalue weighted by atomic mass is 16.5. The number of ketones is 1. The minimum Gasteiger partial charge on any atom is -0.508 e. The first-order valence-electron chi connectivity index (χ1n) is 12.1. The van der Waals surface area contributed by atoms with Gasteiger partial charge in [-0.15, -0.1) is 0 Å². The Hall–Kier alpha value is -3.53. The van der Waals surface area contributed by atoms with Gasteiger partial charge >= 0.3 is 0 Å². The predicted octanol–water partition coefficient (Wildman–Crippen LogP) is 7.31. The average Bonchev–Trinajstić information content (AvgIpc) is 2.87. The Morgan fingerprint density at radius 1 is 0.941 bits per heavy atom. The number of hydrogen-bond donors (Lipinski definition) is 1. The summed E-state index contributed by atoms with van der Waals surface area (Å²) in [6, 6.07) is 20.6. The molecule has 1 aliphatic rings. The van der Waals surface area contributed by atoms with Gasteiger partial charge in [0.1, 0.15) is 17.2 Å². The highest BCUT2D eigenvalue weighted by Crippen LogP contribution is 2.40. The van der Waals surface area contributed by atoms with Crippen molar-refractivity contribution in [1.82, 2.24) is 0 Å². The second-order valence-corrected chi connectivity index (χ2v) is 8.79. The number of Topliss-reactive ketones (excluding diaryl/α,β-unsaturated/α-hetero) is 1. The zero-order valence-corrected chi connectivity index (χ0v) is 19.9. The number of fused-ring (bicyclic) bond motifs is 1. The van der Waals surface area contributed by atoms with Crippen LogP contribution in [0, 0.1) is 0 Å². The van der Waals surface area contributed by atoms with Crippen LogP contribution in [0.4, 0.5) is 0 Å². The second kappa shape index (κ2) is 11.1. The number of benzene rings is 3. The number of phenolic OH excluding ortho intramolecular Hbond substituents is 1. The monoisotopic (exact) mass is 456 g/mol. The normalized spacial score (nSPS) is 16.2. The molecule has 1 unspecified atom stereocenters. The van der Waals surface area contributed by atoms with E-state index in [-0.39, 0.29) is 11.5 Å². The largest absolute Gasteiger partial charge is 0.508 e. The zero-order chi connectivity index (χ0) is 23.9. The van der Waals surface area contributed by atoms with Crippen LogP contribution in [0.1, 0.15) is 72.2 Å². The summed E-state index contributed by atoms with van der Waals surface area (Å²) in [5.74, 6) is 1.12. The summed E-state index contributed by atoms with van der Waals surface area (Å²) >= 11 is 0. The average molecular weight is 457 g/mol. The number of rotatable bonds is 9. The number of aryl methyl sites for hydroxylation is 1. The summed E-state index contributed by atoms with van der Waals surface area (Å²) in [5.41, 5.74) is 4.04. The third-order valence-corrected chi connectivity index (χ3v) is 6.29. The molecule has 0 radical (unpaired) electrons. The molecule has 1 aliphatic heterocycles. The molecular formula is C30H32O4. The van der Waals surface area contributed by atoms with Crippen LogP contribution in [0.25, 0.3) is 6.08 Å². The molecule has 4 rings (SSSR count). The van der Waals surface area contributed by atoms with E-state index in [1.807, 2.05) is 30.3 Å². The van der Waals surface area contributed by atoms with E-state index in [1.165, 1.54) is 49.8 Å². The number of phenols is 1. The quantitative estimate of drug-likeness (QED) is 0.271. The van der Waals surface area contributed by atoms with Crippen LogP contribution in [0.2, 0.25) is 0 Å². The summed E-state index contributed by atoms with van der Waals surface area (Å²) in [4.78, 5) is 13.5. The maximum Gasteiger partial charge on any atom is 0.196 e. The number of unbranched alkanes of at least 4 members (excludes halogenated alkanes) is 4. The Morgan fingerprint density at radius 2 is 1.68 bits per heavy atom. The predicted molar refractivity (Wildman–Crippen MR) is 136 cm³/mol. The molecule has 0 fully saturated rings. The van der Waals surface area contributed by atoms with Crippen LogP contribution in [-0.4, -0.2) is 18.0 Å². The van der Waals surface area contributed by atoms with Crippen LogP contribution >= 0.6 is 0 Å². The molecule has 34 heavy (non-hydrogen) atoms. The lowest BCUT2D eigenvalue weighted by atomic mass is 9.89. The fourth-order valence-corrected chi connectivity index (χ4v) is 4.32. The standard InChI is InChI=1S/C30H32O4/c1-3-4-5-6-7-8-21-9-11-22(12-10-21)19-27-29(32)26-20-24(31)15-18-28(26)34-30(27)23-13-16-25(33-2)17-14-23/h9-20,30-31H,3-8H2,1-2H3. The first-order chi connectivity index (χ1) is 16.6. The maximum absolute atomic E-state index is 13.5. The zero-order valence-electron chi connectivity index (χ0n) is 19.9. The fourth-order valence-electron chi connectivity index (χ4n) is 4.32. The van der Waals surface area contributed by atoms with Gasteiger partial charge in [-0.25, -0.2) is 0 Å². The molecule has 0 saturated heterocycles. The topological polar surface area (TPSA) is 55.8 Å². The van der Waals surface area contributed by atoms with Gasteiger partial charge in [-0.3, -0.25) is 4.79 Å². The number of carbonyl (C=O) groups is 1. The molecule has 0 aromatic heterocycles. The molecule has 0 spiro atoms. The lowest BCUT2D eigenvalue weighted by molar-refractivity contribution is 0.0963. The second-order valence-electron chi connectivity index (χ2n) is 8.79. The van der Waals surface area contributed by atoms with Gasteiger partial charge in [-0.1, -0.05) is 69.0 Å². The molecule has 0 saturated carbocycles. The molecule has 176 valence electrons. The minimum atomic E-state index is -0.548. The highest BCUT2D eigenvalue weighted by Gasteiger charge is 2.33. The van der Waals surface area contributed by atoms with E-state index >= 15 is 0 Å². The van der Waals surface area contributed by atoms with Crippen molar-refractivity contribution in [1.29, 1.82) is 0 Å². The fraction of sp³-hybridized carbons (Fsp3) is 0.300. The van der Waals surface area contributed by atoms with Crippen molar-refractivity contribution < 1.29 is 19.4 Å². The van der Waals surface area contributed by atoms with Gasteiger partial charge in [0.15, 0.2) is 11.9 Å². The molecule has 0 aliphatic carbocycles. The molecule has 1 N–H and O–H groups in total. The SMILES string of the molecule is CCCCCCCc1ccc(C=C2C(=O)c3cc(O)ccc3OC2c2ccc(OC)cc2)cc1. The molecule has 0 amide bonds. The molecule has 3 aromatic carbocycles. The van der Waals surface area contributed by atoms with Gasteiger partial charge in [0.2, 0.25) is 0 Å². The van der Waals surface area contributed by atoms with Crippen LogP contribution in [0.5, 0.6) is 17.2 Å². The van der Waals surface area contributed by atoms with E-state index in [2.05, 4.69) is 31.2 Å². The van der Waals surface area contributed by atoms with Gasteiger partial charge in [0, 0.05) is 5.57 Å². The van der Waals surface area contributed by atoms with Crippen molar-refractivity contribution in [2.45, 2.75) is 51.6 Å². The molecular weight excluding hydrogens is 424 g/mol. The van der Waals surface area contributed by atoms with E-state index in [0.717, 1.165) is 23.3 Å². The Morgan fingerprint density at radius 3 is 2.38 bits per heavy atom. The molecule has 1 heterocycles. The Balaban J connectivity index is 1.61. The summed E-state index contributed by atoms with van der Waals surface area (Å²) in [5, 5.41) is 9.93. The summed E-state index contributed by atoms with van der Waals surface area (Å²) in [6.45, 7) is 2.23. The van der Waals surface area contributed by atoms with Crippen molar-refractivity contribution in [2.75, 3.05) is 7.11 Å². The summed E-state index contributed by atoms with van der Waals surface area (Å²) in [6.07, 6.45) is 8.75. The van der Waals surface area contributed by atoms with Crippen molar-refractivity contribution in [2.24, 2.45) is 0 Å². The first-order valence-corrected chi connectivity index (χ1v) is 12.1. The van der Waals surface area contributed by atoms with E-state index in [1.54, 1.807) is 13.2 Å². The number of hydrogen-bond acceptors (Lipinski definition) is 4. The lowest BCUT2D eigenvalue weighted by Gasteiger charge is -2.28. The van der Waals surface area contributed by atoms with E-state index in [4.69, 9.17) is 9.47 Å². The third-order valence-electron chi connectivity index (χ3n) is 6.29. The molecule has 4 heteroatoms. The lowest BCUT2D eigenvalue weighted by Crippen LogP contribution is -2.23. The van der Waals surface area contributed by atoms with Crippen molar-refractivity contribution in [3.63, 3.8) is 0 Å². The number of ether oxygens (including phenoxy) is 2. The highest BCUT2D eigenvalue weighted by molar-refractivity contribution is 6.14. The smallest absolute Gasteiger partial charge is 0.196 e. The van der Waals surface area contributed by atoms with Gasteiger partial charge in [0.05, 0.1) is 12.7 Å². The summed E-state index contributed by atoms with van der Waals surface area (Å²) < 4.78 is 11.5. The number of methoxy groups -OCH3 is 1. The number of aromatic hydroxyl groups is 1. The third kappa shape index (κ3) is 5.51. The van der Waals surface area contributed by atoms with Gasteiger partial charge < -0.3 is 14.6 Å². The van der Waals surface area contributed by atoms with Gasteiger partial charge in [-0.05, 0) is 65.9 Å². The van der Waals surface area contributed by atoms with Gasteiger partial charge in [0.25, 0.3) is 0 Å². The Labute approximate surface area is 201 Å². The van der Waals surface area contributed by atoms with Crippen LogP contribution < -0.4 is 9.47 Å². The van der Waals surface area contributed by atoms with Crippen molar-refractivity contribution in [3.05, 3.63) is 94.6 Å². The van der Waals surface area contributed by atoms with Crippen LogP contribution in [-0.2, 0) is 6.42 Å². The van der Waals surface area contributed by atoms with Crippen LogP contribution in [0.3, 0.4) is 0 Å².